The smallest absolute Gasteiger partial charge is 0.298 e. The monoisotopic (exact) mass is 418 g/mol. The Kier molecular flexibility index (Phi) is 4.98. The number of nitrogens with two attached hydrogens (primary N) is 1. The fourth-order valence-corrected chi connectivity index (χ4v) is 3.44. The average molecular weight is 418 g/mol. The number of sulfonamides is 1. The molecule has 0 amide bonds. The molecule has 5 nitrogen and oxygen atoms in total. The fraction of sp³-hybridized carbons (Fsp3) is 0.118. The van der Waals surface area contributed by atoms with E-state index in [1.54, 1.807) is 6.92 Å². The Hall–Kier alpha value is -2.79. The van der Waals surface area contributed by atoms with Gasteiger partial charge in [-0.3, -0.25) is 0 Å². The molecule has 0 fully saturated rings. The van der Waals surface area contributed by atoms with Gasteiger partial charge in [-0.15, -0.1) is 0 Å². The summed E-state index contributed by atoms with van der Waals surface area (Å²) in [6.07, 6.45) is -3.21. The second kappa shape index (κ2) is 6.99. The van der Waals surface area contributed by atoms with Crippen molar-refractivity contribution < 1.29 is 34.9 Å². The van der Waals surface area contributed by atoms with E-state index in [9.17, 15) is 30.4 Å². The van der Waals surface area contributed by atoms with Crippen LogP contribution in [0.2, 0.25) is 0 Å². The van der Waals surface area contributed by atoms with Crippen LogP contribution in [0.25, 0.3) is 22.4 Å². The summed E-state index contributed by atoms with van der Waals surface area (Å²) < 4.78 is 96.1. The average Bonchev–Trinajstić information content (AvgIpc) is 2.96. The SMILES string of the molecule is Cc1cc(F)cc(-c2noc(C(F)F)c2-c2cc(F)c(S(N)(=O)=O)c(F)c2)c1. The molecule has 0 atom stereocenters. The van der Waals surface area contributed by atoms with Gasteiger partial charge in [-0.1, -0.05) is 5.16 Å². The Morgan fingerprint density at radius 1 is 1.00 bits per heavy atom. The minimum Gasteiger partial charge on any atom is -0.354 e. The zero-order chi connectivity index (χ0) is 20.8. The summed E-state index contributed by atoms with van der Waals surface area (Å²) in [5.74, 6) is -4.87. The quantitative estimate of drug-likeness (QED) is 0.640. The Bertz CT molecular complexity index is 1130. The van der Waals surface area contributed by atoms with Gasteiger partial charge in [0.05, 0.1) is 5.56 Å². The normalized spacial score (nSPS) is 12.0. The summed E-state index contributed by atoms with van der Waals surface area (Å²) in [6, 6.07) is 4.59. The van der Waals surface area contributed by atoms with Crippen LogP contribution in [0, 0.1) is 24.4 Å². The van der Waals surface area contributed by atoms with Crippen molar-refractivity contribution in [2.45, 2.75) is 18.2 Å². The molecule has 1 aromatic heterocycles. The van der Waals surface area contributed by atoms with E-state index in [1.807, 2.05) is 0 Å². The maximum absolute atomic E-state index is 14.2. The van der Waals surface area contributed by atoms with E-state index >= 15 is 0 Å². The van der Waals surface area contributed by atoms with Gasteiger partial charge >= 0.3 is 0 Å². The van der Waals surface area contributed by atoms with E-state index in [2.05, 4.69) is 9.68 Å². The number of benzene rings is 2. The second-order valence-corrected chi connectivity index (χ2v) is 7.40. The van der Waals surface area contributed by atoms with Gasteiger partial charge in [0.15, 0.2) is 4.90 Å². The number of rotatable bonds is 4. The molecular weight excluding hydrogens is 407 g/mol. The highest BCUT2D eigenvalue weighted by molar-refractivity contribution is 7.89. The molecule has 0 bridgehead atoms. The molecule has 0 spiro atoms. The Balaban J connectivity index is 2.31. The van der Waals surface area contributed by atoms with Gasteiger partial charge in [0.1, 0.15) is 23.1 Å². The molecule has 0 unspecified atom stereocenters. The number of alkyl halides is 2. The zero-order valence-corrected chi connectivity index (χ0v) is 14.8. The van der Waals surface area contributed by atoms with E-state index in [0.29, 0.717) is 17.7 Å². The highest BCUT2D eigenvalue weighted by Crippen LogP contribution is 2.40. The summed E-state index contributed by atoms with van der Waals surface area (Å²) >= 11 is 0. The van der Waals surface area contributed by atoms with Crippen LogP contribution < -0.4 is 5.14 Å². The summed E-state index contributed by atoms with van der Waals surface area (Å²) in [5, 5.41) is 8.25. The maximum Gasteiger partial charge on any atom is 0.298 e. The number of aromatic nitrogens is 1. The first-order valence-corrected chi connectivity index (χ1v) is 9.11. The molecule has 2 aromatic carbocycles. The van der Waals surface area contributed by atoms with Crippen LogP contribution in [0.5, 0.6) is 0 Å². The van der Waals surface area contributed by atoms with Gasteiger partial charge in [-0.05, 0) is 48.4 Å². The first kappa shape index (κ1) is 20.0. The third kappa shape index (κ3) is 3.62. The Morgan fingerprint density at radius 3 is 2.11 bits per heavy atom. The third-order valence-electron chi connectivity index (χ3n) is 3.80. The van der Waals surface area contributed by atoms with Crippen LogP contribution in [0.4, 0.5) is 22.0 Å². The van der Waals surface area contributed by atoms with Crippen molar-refractivity contribution in [2.24, 2.45) is 5.14 Å². The van der Waals surface area contributed by atoms with Crippen LogP contribution in [-0.2, 0) is 10.0 Å². The van der Waals surface area contributed by atoms with E-state index in [0.717, 1.165) is 6.07 Å². The number of halogens is 5. The molecular formula is C17H11F5N2O3S. The van der Waals surface area contributed by atoms with E-state index in [-0.39, 0.29) is 11.3 Å². The lowest BCUT2D eigenvalue weighted by molar-refractivity contribution is 0.113. The zero-order valence-electron chi connectivity index (χ0n) is 14.0. The summed E-state index contributed by atoms with van der Waals surface area (Å²) in [7, 11) is -4.74. The molecule has 28 heavy (non-hydrogen) atoms. The van der Waals surface area contributed by atoms with Gasteiger partial charge in [0.25, 0.3) is 6.43 Å². The highest BCUT2D eigenvalue weighted by atomic mass is 32.2. The van der Waals surface area contributed by atoms with Gasteiger partial charge < -0.3 is 4.52 Å². The lowest BCUT2D eigenvalue weighted by atomic mass is 9.98. The van der Waals surface area contributed by atoms with Crippen LogP contribution in [0.1, 0.15) is 17.7 Å². The van der Waals surface area contributed by atoms with Gasteiger partial charge in [0.2, 0.25) is 15.8 Å². The van der Waals surface area contributed by atoms with Crippen molar-refractivity contribution in [1.29, 1.82) is 0 Å². The Labute approximate surface area is 155 Å². The maximum atomic E-state index is 14.2. The fourth-order valence-electron chi connectivity index (χ4n) is 2.78. The molecule has 0 aliphatic heterocycles. The van der Waals surface area contributed by atoms with Gasteiger partial charge in [-0.25, -0.2) is 35.5 Å². The van der Waals surface area contributed by atoms with Crippen LogP contribution >= 0.6 is 0 Å². The van der Waals surface area contributed by atoms with Crippen LogP contribution in [-0.4, -0.2) is 13.6 Å². The van der Waals surface area contributed by atoms with Crippen molar-refractivity contribution in [3.05, 3.63) is 59.1 Å². The molecule has 0 saturated heterocycles. The molecule has 0 aliphatic carbocycles. The standard InChI is InChI=1S/C17H11F5N2O3S/c1-7-2-9(4-10(18)3-7)14-13(15(17(21)22)27-24-14)8-5-11(19)16(12(20)6-8)28(23,25)26/h2-6,17H,1H3,(H2,23,25,26). The van der Waals surface area contributed by atoms with Crippen molar-refractivity contribution in [2.75, 3.05) is 0 Å². The molecule has 0 aliphatic rings. The van der Waals surface area contributed by atoms with Crippen LogP contribution in [0.3, 0.4) is 0 Å². The first-order chi connectivity index (χ1) is 13.0. The van der Waals surface area contributed by atoms with Gasteiger partial charge in [0, 0.05) is 5.56 Å². The van der Waals surface area contributed by atoms with Crippen LogP contribution in [0.15, 0.2) is 39.8 Å². The summed E-state index contributed by atoms with van der Waals surface area (Å²) in [4.78, 5) is -1.41. The molecule has 1 heterocycles. The number of hydrogen-bond donors (Lipinski definition) is 1. The minimum atomic E-state index is -4.74. The number of nitrogens with zero attached hydrogens (tertiary/aromatic N) is 1. The predicted octanol–water partition coefficient (Wildman–Crippen LogP) is 4.32. The highest BCUT2D eigenvalue weighted by Gasteiger charge is 2.29. The topological polar surface area (TPSA) is 86.2 Å². The number of aryl methyl sites for hydroxylation is 1. The summed E-state index contributed by atoms with van der Waals surface area (Å²) in [5.41, 5.74) is -0.807. The number of hydrogen-bond acceptors (Lipinski definition) is 4. The summed E-state index contributed by atoms with van der Waals surface area (Å²) in [6.45, 7) is 1.54. The van der Waals surface area contributed by atoms with E-state index < -0.39 is 55.7 Å². The minimum absolute atomic E-state index is 0.0273. The van der Waals surface area contributed by atoms with E-state index in [1.165, 1.54) is 12.1 Å². The van der Waals surface area contributed by atoms with Crippen molar-refractivity contribution in [3.8, 4) is 22.4 Å². The van der Waals surface area contributed by atoms with Crippen molar-refractivity contribution >= 4 is 10.0 Å². The molecule has 3 rings (SSSR count). The predicted molar refractivity (Wildman–Crippen MR) is 88.3 cm³/mol. The lowest BCUT2D eigenvalue weighted by Crippen LogP contribution is -2.16. The largest absolute Gasteiger partial charge is 0.354 e. The van der Waals surface area contributed by atoms with Gasteiger partial charge in [-0.2, -0.15) is 0 Å². The molecule has 0 radical (unpaired) electrons. The first-order valence-electron chi connectivity index (χ1n) is 7.56. The van der Waals surface area contributed by atoms with Crippen molar-refractivity contribution in [1.82, 2.24) is 5.16 Å². The third-order valence-corrected chi connectivity index (χ3v) is 4.76. The molecule has 148 valence electrons. The Morgan fingerprint density at radius 2 is 1.61 bits per heavy atom. The number of primary sulfonamides is 1. The molecule has 0 saturated carbocycles. The lowest BCUT2D eigenvalue weighted by Gasteiger charge is -2.09. The van der Waals surface area contributed by atoms with Crippen molar-refractivity contribution in [3.63, 3.8) is 0 Å². The molecule has 11 heteroatoms. The van der Waals surface area contributed by atoms with E-state index in [4.69, 9.17) is 5.14 Å². The second-order valence-electron chi connectivity index (χ2n) is 5.90. The molecule has 2 N–H and O–H groups in total. The molecule has 3 aromatic rings.